The van der Waals surface area contributed by atoms with E-state index >= 15 is 0 Å². The van der Waals surface area contributed by atoms with E-state index in [0.717, 1.165) is 25.7 Å². The molecule has 3 N–H and O–H groups in total. The van der Waals surface area contributed by atoms with E-state index < -0.39 is 12.1 Å². The van der Waals surface area contributed by atoms with Gasteiger partial charge in [0.2, 0.25) is 5.91 Å². The van der Waals surface area contributed by atoms with Crippen LogP contribution in [0.25, 0.3) is 0 Å². The topological polar surface area (TPSA) is 69.6 Å². The van der Waals surface area contributed by atoms with Crippen LogP contribution in [-0.2, 0) is 4.79 Å². The molecule has 0 aliphatic heterocycles. The van der Waals surface area contributed by atoms with Gasteiger partial charge in [0.1, 0.15) is 0 Å². The Morgan fingerprint density at radius 3 is 1.04 bits per heavy atom. The van der Waals surface area contributed by atoms with E-state index in [1.54, 1.807) is 6.08 Å². The van der Waals surface area contributed by atoms with Gasteiger partial charge in [0, 0.05) is 6.42 Å². The van der Waals surface area contributed by atoms with Crippen molar-refractivity contribution in [1.82, 2.24) is 5.32 Å². The summed E-state index contributed by atoms with van der Waals surface area (Å²) >= 11 is 0. The first-order valence-electron chi connectivity index (χ1n) is 24.1. The van der Waals surface area contributed by atoms with Crippen LogP contribution in [-0.4, -0.2) is 34.9 Å². The predicted molar refractivity (Wildman–Crippen MR) is 235 cm³/mol. The first-order chi connectivity index (χ1) is 26.2. The van der Waals surface area contributed by atoms with Gasteiger partial charge in [-0.15, -0.1) is 0 Å². The van der Waals surface area contributed by atoms with E-state index in [-0.39, 0.29) is 12.5 Å². The lowest BCUT2D eigenvalue weighted by atomic mass is 10.0. The van der Waals surface area contributed by atoms with Gasteiger partial charge in [-0.25, -0.2) is 0 Å². The normalized spacial score (nSPS) is 13.1. The van der Waals surface area contributed by atoms with Crippen LogP contribution in [0.5, 0.6) is 0 Å². The van der Waals surface area contributed by atoms with Gasteiger partial charge >= 0.3 is 0 Å². The maximum absolute atomic E-state index is 12.4. The van der Waals surface area contributed by atoms with Gasteiger partial charge in [0.15, 0.2) is 0 Å². The summed E-state index contributed by atoms with van der Waals surface area (Å²) in [4.78, 5) is 12.4. The van der Waals surface area contributed by atoms with Crippen molar-refractivity contribution < 1.29 is 15.0 Å². The van der Waals surface area contributed by atoms with Crippen LogP contribution in [0.3, 0.4) is 0 Å². The van der Waals surface area contributed by atoms with Crippen molar-refractivity contribution in [1.29, 1.82) is 0 Å². The summed E-state index contributed by atoms with van der Waals surface area (Å²) in [5, 5.41) is 23.1. The number of carbonyl (C=O) groups is 1. The Morgan fingerprint density at radius 2 is 0.717 bits per heavy atom. The Morgan fingerprint density at radius 1 is 0.434 bits per heavy atom. The molecular weight excluding hydrogens is 651 g/mol. The Bertz CT molecular complexity index is 765. The van der Waals surface area contributed by atoms with E-state index in [1.807, 2.05) is 6.08 Å². The summed E-state index contributed by atoms with van der Waals surface area (Å²) in [6, 6.07) is -0.619. The molecule has 1 amide bonds. The van der Waals surface area contributed by atoms with Gasteiger partial charge in [-0.3, -0.25) is 4.79 Å². The molecular formula is C49H95NO3. The van der Waals surface area contributed by atoms with Gasteiger partial charge in [0.25, 0.3) is 0 Å². The molecule has 0 radical (unpaired) electrons. The zero-order chi connectivity index (χ0) is 38.6. The molecule has 4 nitrogen and oxygen atoms in total. The number of aliphatic hydroxyl groups is 2. The largest absolute Gasteiger partial charge is 0.394 e. The van der Waals surface area contributed by atoms with Gasteiger partial charge in [0.05, 0.1) is 18.8 Å². The van der Waals surface area contributed by atoms with E-state index in [9.17, 15) is 15.0 Å². The lowest BCUT2D eigenvalue weighted by molar-refractivity contribution is -0.123. The van der Waals surface area contributed by atoms with Crippen molar-refractivity contribution in [2.75, 3.05) is 6.61 Å². The summed E-state index contributed by atoms with van der Waals surface area (Å²) in [7, 11) is 0. The number of allylic oxidation sites excluding steroid dienone is 3. The summed E-state index contributed by atoms with van der Waals surface area (Å²) in [5.74, 6) is -0.0611. The minimum Gasteiger partial charge on any atom is -0.394 e. The van der Waals surface area contributed by atoms with Crippen molar-refractivity contribution in [2.24, 2.45) is 0 Å². The molecule has 0 fully saturated rings. The quantitative estimate of drug-likeness (QED) is 0.0430. The first-order valence-corrected chi connectivity index (χ1v) is 24.1. The second kappa shape index (κ2) is 45.3. The lowest BCUT2D eigenvalue weighted by Gasteiger charge is -2.20. The number of carbonyl (C=O) groups excluding carboxylic acids is 1. The number of hydrogen-bond donors (Lipinski definition) is 3. The third-order valence-electron chi connectivity index (χ3n) is 11.2. The molecule has 2 atom stereocenters. The highest BCUT2D eigenvalue weighted by molar-refractivity contribution is 5.76. The highest BCUT2D eigenvalue weighted by atomic mass is 16.3. The van der Waals surface area contributed by atoms with E-state index in [0.29, 0.717) is 6.42 Å². The number of rotatable bonds is 44. The van der Waals surface area contributed by atoms with Crippen molar-refractivity contribution in [3.63, 3.8) is 0 Å². The molecule has 0 rings (SSSR count). The standard InChI is InChI=1S/C49H95NO3/c1-3-5-7-9-11-13-15-17-19-21-22-23-24-25-26-27-28-29-31-33-35-37-39-41-43-45-49(53)50-47(46-51)48(52)44-42-40-38-36-34-32-30-20-18-16-14-12-10-8-6-4-2/h21-22,42,44,47-48,51-52H,3-20,23-41,43,45-46H2,1-2H3,(H,50,53)/b22-21-,44-42+. The minimum absolute atomic E-state index is 0.0611. The molecule has 53 heavy (non-hydrogen) atoms. The molecule has 0 spiro atoms. The molecule has 0 aliphatic rings. The molecule has 314 valence electrons. The Balaban J connectivity index is 3.50. The average molecular weight is 746 g/mol. The van der Waals surface area contributed by atoms with Crippen LogP contribution < -0.4 is 5.32 Å². The minimum atomic E-state index is -0.836. The number of amides is 1. The van der Waals surface area contributed by atoms with E-state index in [1.165, 1.54) is 218 Å². The Labute approximate surface area is 332 Å². The number of unbranched alkanes of at least 4 members (excludes halogenated alkanes) is 35. The van der Waals surface area contributed by atoms with Crippen LogP contribution in [0, 0.1) is 0 Å². The number of aliphatic hydroxyl groups excluding tert-OH is 2. The highest BCUT2D eigenvalue weighted by Gasteiger charge is 2.18. The van der Waals surface area contributed by atoms with Crippen LogP contribution in [0.15, 0.2) is 24.3 Å². The molecule has 0 bridgehead atoms. The van der Waals surface area contributed by atoms with Crippen LogP contribution in [0.2, 0.25) is 0 Å². The molecule has 0 saturated heterocycles. The van der Waals surface area contributed by atoms with Crippen molar-refractivity contribution in [3.05, 3.63) is 24.3 Å². The van der Waals surface area contributed by atoms with Crippen LogP contribution in [0.4, 0.5) is 0 Å². The second-order valence-electron chi connectivity index (χ2n) is 16.5. The molecule has 0 heterocycles. The zero-order valence-electron chi connectivity index (χ0n) is 36.1. The monoisotopic (exact) mass is 746 g/mol. The highest BCUT2D eigenvalue weighted by Crippen LogP contribution is 2.16. The summed E-state index contributed by atoms with van der Waals surface area (Å²) in [5.41, 5.74) is 0. The van der Waals surface area contributed by atoms with Gasteiger partial charge in [-0.2, -0.15) is 0 Å². The fraction of sp³-hybridized carbons (Fsp3) is 0.898. The molecule has 0 aliphatic carbocycles. The van der Waals surface area contributed by atoms with Gasteiger partial charge in [-0.1, -0.05) is 237 Å². The predicted octanol–water partition coefficient (Wildman–Crippen LogP) is 15.2. The van der Waals surface area contributed by atoms with Crippen LogP contribution >= 0.6 is 0 Å². The summed E-state index contributed by atoms with van der Waals surface area (Å²) in [6.07, 6.45) is 58.7. The molecule has 0 saturated carbocycles. The maximum Gasteiger partial charge on any atom is 0.220 e. The Kier molecular flexibility index (Phi) is 44.3. The van der Waals surface area contributed by atoms with Crippen molar-refractivity contribution >= 4 is 5.91 Å². The Hall–Kier alpha value is -1.13. The molecule has 4 heteroatoms. The van der Waals surface area contributed by atoms with Gasteiger partial charge in [-0.05, 0) is 44.9 Å². The zero-order valence-corrected chi connectivity index (χ0v) is 36.1. The summed E-state index contributed by atoms with van der Waals surface area (Å²) < 4.78 is 0. The van der Waals surface area contributed by atoms with E-state index in [4.69, 9.17) is 0 Å². The smallest absolute Gasteiger partial charge is 0.220 e. The molecule has 0 aromatic heterocycles. The molecule has 2 unspecified atom stereocenters. The number of hydrogen-bond acceptors (Lipinski definition) is 3. The van der Waals surface area contributed by atoms with Crippen molar-refractivity contribution in [2.45, 2.75) is 276 Å². The molecule has 0 aromatic rings. The molecule has 0 aromatic carbocycles. The lowest BCUT2D eigenvalue weighted by Crippen LogP contribution is -2.45. The van der Waals surface area contributed by atoms with E-state index in [2.05, 4.69) is 31.3 Å². The second-order valence-corrected chi connectivity index (χ2v) is 16.5. The number of nitrogens with one attached hydrogen (secondary N) is 1. The van der Waals surface area contributed by atoms with Gasteiger partial charge < -0.3 is 15.5 Å². The average Bonchev–Trinajstić information content (AvgIpc) is 3.16. The first kappa shape index (κ1) is 51.9. The van der Waals surface area contributed by atoms with Crippen LogP contribution in [0.1, 0.15) is 264 Å². The van der Waals surface area contributed by atoms with Crippen molar-refractivity contribution in [3.8, 4) is 0 Å². The maximum atomic E-state index is 12.4. The summed E-state index contributed by atoms with van der Waals surface area (Å²) in [6.45, 7) is 4.33. The third-order valence-corrected chi connectivity index (χ3v) is 11.2. The third kappa shape index (κ3) is 41.9. The fourth-order valence-corrected chi connectivity index (χ4v) is 7.47. The fourth-order valence-electron chi connectivity index (χ4n) is 7.47. The SMILES string of the molecule is CCCCCCCCCC/C=C\CCCCCCCCCCCCCCCC(=O)NC(CO)C(O)/C=C/CCCCCCCCCCCCCCCC.